The van der Waals surface area contributed by atoms with Crippen molar-refractivity contribution in [3.8, 4) is 6.07 Å². The Bertz CT molecular complexity index is 737. The molecule has 0 aliphatic rings. The topological polar surface area (TPSA) is 36.9 Å². The standard InChI is InChI=1S/C13H6BrNO/c14-10-6-5-8(7-15)12-9-3-1-2-4-11(9)16-13(10)12/h1-6H. The van der Waals surface area contributed by atoms with Crippen LogP contribution < -0.4 is 0 Å². The summed E-state index contributed by atoms with van der Waals surface area (Å²) in [6, 6.07) is 13.6. The van der Waals surface area contributed by atoms with Crippen LogP contribution in [0.2, 0.25) is 0 Å². The largest absolute Gasteiger partial charge is 0.455 e. The fourth-order valence-corrected chi connectivity index (χ4v) is 2.30. The maximum atomic E-state index is 9.10. The van der Waals surface area contributed by atoms with Gasteiger partial charge in [0.1, 0.15) is 5.58 Å². The van der Waals surface area contributed by atoms with Crippen molar-refractivity contribution < 1.29 is 4.42 Å². The molecule has 2 nitrogen and oxygen atoms in total. The van der Waals surface area contributed by atoms with E-state index >= 15 is 0 Å². The number of furan rings is 1. The Morgan fingerprint density at radius 1 is 1.12 bits per heavy atom. The molecule has 1 heterocycles. The minimum atomic E-state index is 0.642. The van der Waals surface area contributed by atoms with Crippen molar-refractivity contribution in [1.82, 2.24) is 0 Å². The summed E-state index contributed by atoms with van der Waals surface area (Å²) in [7, 11) is 0. The monoisotopic (exact) mass is 271 g/mol. The van der Waals surface area contributed by atoms with Gasteiger partial charge in [-0.15, -0.1) is 0 Å². The Balaban J connectivity index is 2.66. The van der Waals surface area contributed by atoms with Crippen molar-refractivity contribution in [2.75, 3.05) is 0 Å². The predicted octanol–water partition coefficient (Wildman–Crippen LogP) is 4.22. The predicted molar refractivity (Wildman–Crippen MR) is 66.1 cm³/mol. The van der Waals surface area contributed by atoms with Gasteiger partial charge in [0.2, 0.25) is 0 Å². The first-order valence-electron chi connectivity index (χ1n) is 4.81. The van der Waals surface area contributed by atoms with Crippen LogP contribution in [0, 0.1) is 11.3 Å². The van der Waals surface area contributed by atoms with Gasteiger partial charge in [-0.05, 0) is 34.1 Å². The summed E-state index contributed by atoms with van der Waals surface area (Å²) in [6.07, 6.45) is 0. The zero-order chi connectivity index (χ0) is 11.1. The smallest absolute Gasteiger partial charge is 0.150 e. The summed E-state index contributed by atoms with van der Waals surface area (Å²) in [6.45, 7) is 0. The highest BCUT2D eigenvalue weighted by molar-refractivity contribution is 9.10. The maximum Gasteiger partial charge on any atom is 0.150 e. The number of halogens is 1. The number of nitriles is 1. The maximum absolute atomic E-state index is 9.10. The average molecular weight is 272 g/mol. The number of nitrogens with zero attached hydrogens (tertiary/aromatic N) is 1. The molecular weight excluding hydrogens is 266 g/mol. The second-order valence-electron chi connectivity index (χ2n) is 3.51. The van der Waals surface area contributed by atoms with E-state index in [1.807, 2.05) is 30.3 Å². The molecule has 0 fully saturated rings. The van der Waals surface area contributed by atoms with Crippen molar-refractivity contribution in [2.45, 2.75) is 0 Å². The highest BCUT2D eigenvalue weighted by Gasteiger charge is 2.12. The number of benzene rings is 2. The Labute approximate surface area is 100 Å². The minimum absolute atomic E-state index is 0.642. The Morgan fingerprint density at radius 3 is 2.75 bits per heavy atom. The minimum Gasteiger partial charge on any atom is -0.455 e. The van der Waals surface area contributed by atoms with Crippen LogP contribution in [0.1, 0.15) is 5.56 Å². The van der Waals surface area contributed by atoms with Crippen LogP contribution in [0.4, 0.5) is 0 Å². The third kappa shape index (κ3) is 1.17. The molecule has 0 bridgehead atoms. The van der Waals surface area contributed by atoms with Crippen LogP contribution in [-0.2, 0) is 0 Å². The van der Waals surface area contributed by atoms with Gasteiger partial charge in [0.25, 0.3) is 0 Å². The molecule has 0 saturated heterocycles. The first kappa shape index (κ1) is 9.44. The van der Waals surface area contributed by atoms with Crippen molar-refractivity contribution in [2.24, 2.45) is 0 Å². The number of hydrogen-bond donors (Lipinski definition) is 0. The molecule has 0 radical (unpaired) electrons. The highest BCUT2D eigenvalue weighted by Crippen LogP contribution is 2.35. The SMILES string of the molecule is N#Cc1ccc(Br)c2oc3ccccc3c12. The average Bonchev–Trinajstić information content (AvgIpc) is 2.70. The molecule has 3 rings (SSSR count). The lowest BCUT2D eigenvalue weighted by atomic mass is 10.1. The molecule has 0 saturated carbocycles. The lowest BCUT2D eigenvalue weighted by Crippen LogP contribution is -1.76. The first-order valence-corrected chi connectivity index (χ1v) is 5.60. The molecule has 3 heteroatoms. The van der Waals surface area contributed by atoms with E-state index in [-0.39, 0.29) is 0 Å². The molecule has 0 aliphatic heterocycles. The molecule has 76 valence electrons. The zero-order valence-electron chi connectivity index (χ0n) is 8.20. The van der Waals surface area contributed by atoms with Gasteiger partial charge in [-0.2, -0.15) is 5.26 Å². The summed E-state index contributed by atoms with van der Waals surface area (Å²) >= 11 is 3.44. The molecule has 0 aliphatic carbocycles. The van der Waals surface area contributed by atoms with Crippen molar-refractivity contribution in [3.63, 3.8) is 0 Å². The van der Waals surface area contributed by atoms with E-state index < -0.39 is 0 Å². The van der Waals surface area contributed by atoms with Gasteiger partial charge in [-0.3, -0.25) is 0 Å². The molecular formula is C13H6BrNO. The zero-order valence-corrected chi connectivity index (χ0v) is 9.78. The van der Waals surface area contributed by atoms with Gasteiger partial charge in [0, 0.05) is 10.8 Å². The van der Waals surface area contributed by atoms with Crippen LogP contribution >= 0.6 is 15.9 Å². The number of fused-ring (bicyclic) bond motifs is 3. The normalized spacial score (nSPS) is 10.8. The van der Waals surface area contributed by atoms with Gasteiger partial charge in [-0.1, -0.05) is 18.2 Å². The molecule has 0 spiro atoms. The van der Waals surface area contributed by atoms with Crippen LogP contribution in [0.3, 0.4) is 0 Å². The van der Waals surface area contributed by atoms with E-state index in [0.29, 0.717) is 5.56 Å². The van der Waals surface area contributed by atoms with Gasteiger partial charge in [-0.25, -0.2) is 0 Å². The number of hydrogen-bond acceptors (Lipinski definition) is 2. The van der Waals surface area contributed by atoms with E-state index in [1.165, 1.54) is 0 Å². The molecule has 0 amide bonds. The van der Waals surface area contributed by atoms with E-state index in [4.69, 9.17) is 9.68 Å². The van der Waals surface area contributed by atoms with Crippen molar-refractivity contribution in [3.05, 3.63) is 46.4 Å². The first-order chi connectivity index (χ1) is 7.81. The van der Waals surface area contributed by atoms with Crippen LogP contribution in [0.5, 0.6) is 0 Å². The third-order valence-corrected chi connectivity index (χ3v) is 3.22. The van der Waals surface area contributed by atoms with E-state index in [9.17, 15) is 0 Å². The van der Waals surface area contributed by atoms with Gasteiger partial charge in [0.15, 0.2) is 5.58 Å². The van der Waals surface area contributed by atoms with E-state index in [1.54, 1.807) is 6.07 Å². The lowest BCUT2D eigenvalue weighted by Gasteiger charge is -1.94. The van der Waals surface area contributed by atoms with Gasteiger partial charge >= 0.3 is 0 Å². The summed E-state index contributed by atoms with van der Waals surface area (Å²) in [5.41, 5.74) is 2.18. The second kappa shape index (κ2) is 3.36. The van der Waals surface area contributed by atoms with Crippen LogP contribution in [-0.4, -0.2) is 0 Å². The summed E-state index contributed by atoms with van der Waals surface area (Å²) in [4.78, 5) is 0. The highest BCUT2D eigenvalue weighted by atomic mass is 79.9. The fraction of sp³-hybridized carbons (Fsp3) is 0. The summed E-state index contributed by atoms with van der Waals surface area (Å²) in [5.74, 6) is 0. The van der Waals surface area contributed by atoms with Gasteiger partial charge in [0.05, 0.1) is 16.1 Å². The Kier molecular flexibility index (Phi) is 1.98. The van der Waals surface area contributed by atoms with E-state index in [2.05, 4.69) is 22.0 Å². The number of para-hydroxylation sites is 1. The molecule has 2 aromatic carbocycles. The van der Waals surface area contributed by atoms with E-state index in [0.717, 1.165) is 26.4 Å². The van der Waals surface area contributed by atoms with Gasteiger partial charge < -0.3 is 4.42 Å². The molecule has 16 heavy (non-hydrogen) atoms. The Hall–Kier alpha value is -1.79. The number of rotatable bonds is 0. The molecule has 1 aromatic heterocycles. The van der Waals surface area contributed by atoms with Crippen molar-refractivity contribution >= 4 is 37.9 Å². The molecule has 0 atom stereocenters. The fourth-order valence-electron chi connectivity index (χ4n) is 1.89. The second-order valence-corrected chi connectivity index (χ2v) is 4.36. The van der Waals surface area contributed by atoms with Crippen LogP contribution in [0.25, 0.3) is 21.9 Å². The lowest BCUT2D eigenvalue weighted by molar-refractivity contribution is 0.667. The quantitative estimate of drug-likeness (QED) is 0.614. The van der Waals surface area contributed by atoms with Crippen LogP contribution in [0.15, 0.2) is 45.3 Å². The Morgan fingerprint density at radius 2 is 1.94 bits per heavy atom. The summed E-state index contributed by atoms with van der Waals surface area (Å²) < 4.78 is 6.60. The third-order valence-electron chi connectivity index (χ3n) is 2.60. The van der Waals surface area contributed by atoms with Crippen molar-refractivity contribution in [1.29, 1.82) is 5.26 Å². The molecule has 0 N–H and O–H groups in total. The summed E-state index contributed by atoms with van der Waals surface area (Å²) in [5, 5.41) is 11.0. The molecule has 3 aromatic rings. The molecule has 0 unspecified atom stereocenters.